The molecule has 1 aliphatic heterocycles. The molecule has 14 heteroatoms. The highest BCUT2D eigenvalue weighted by Gasteiger charge is 2.38. The van der Waals surface area contributed by atoms with Gasteiger partial charge in [-0.25, -0.2) is 13.8 Å². The van der Waals surface area contributed by atoms with Crippen LogP contribution in [0.3, 0.4) is 0 Å². The molecule has 1 N–H and O–H groups in total. The molecule has 6 aromatic rings. The summed E-state index contributed by atoms with van der Waals surface area (Å²) in [7, 11) is -4.38. The van der Waals surface area contributed by atoms with E-state index < -0.39 is 44.4 Å². The first-order chi connectivity index (χ1) is 26.6. The zero-order valence-corrected chi connectivity index (χ0v) is 31.2. The van der Waals surface area contributed by atoms with E-state index in [1.54, 1.807) is 11.8 Å². The van der Waals surface area contributed by atoms with Crippen LogP contribution >= 0.6 is 11.8 Å². The van der Waals surface area contributed by atoms with Crippen molar-refractivity contribution in [3.63, 3.8) is 0 Å². The van der Waals surface area contributed by atoms with Crippen LogP contribution in [0.15, 0.2) is 142 Å². The molecule has 1 atom stereocenters. The quantitative estimate of drug-likeness (QED) is 0.0626. The van der Waals surface area contributed by atoms with Gasteiger partial charge in [0.2, 0.25) is 11.0 Å². The van der Waals surface area contributed by atoms with Crippen LogP contribution in [0.4, 0.5) is 14.6 Å². The van der Waals surface area contributed by atoms with Gasteiger partial charge in [-0.3, -0.25) is 9.52 Å². The molecule has 0 spiro atoms. The highest BCUT2D eigenvalue weighted by atomic mass is 32.2. The topological polar surface area (TPSA) is 124 Å². The van der Waals surface area contributed by atoms with Gasteiger partial charge in [0.15, 0.2) is 22.6 Å². The van der Waals surface area contributed by atoms with Crippen molar-refractivity contribution in [2.45, 2.75) is 41.1 Å². The number of likely N-dealkylation sites (tertiary alicyclic amines) is 1. The average molecular weight is 783 g/mol. The van der Waals surface area contributed by atoms with Gasteiger partial charge in [0.25, 0.3) is 15.9 Å². The third-order valence-electron chi connectivity index (χ3n) is 8.91. The van der Waals surface area contributed by atoms with Crippen LogP contribution in [0.25, 0.3) is 0 Å². The minimum Gasteiger partial charge on any atom is -0.472 e. The first-order valence-electron chi connectivity index (χ1n) is 17.5. The first kappa shape index (κ1) is 37.7. The number of sulfonamides is 1. The maximum absolute atomic E-state index is 14.5. The van der Waals surface area contributed by atoms with E-state index >= 15 is 0 Å². The number of rotatable bonds is 15. The third kappa shape index (κ3) is 8.41. The molecular formula is C41H36F2N4O6S2. The fourth-order valence-corrected chi connectivity index (χ4v) is 7.83. The Morgan fingerprint density at radius 2 is 1.49 bits per heavy atom. The van der Waals surface area contributed by atoms with Gasteiger partial charge in [0.05, 0.1) is 6.61 Å². The molecule has 55 heavy (non-hydrogen) atoms. The summed E-state index contributed by atoms with van der Waals surface area (Å²) in [6.07, 6.45) is 0.218. The monoisotopic (exact) mass is 782 g/mol. The van der Waals surface area contributed by atoms with Crippen molar-refractivity contribution in [3.05, 3.63) is 167 Å². The van der Waals surface area contributed by atoms with Crippen LogP contribution in [0, 0.1) is 11.6 Å². The van der Waals surface area contributed by atoms with Crippen LogP contribution in [-0.2, 0) is 26.1 Å². The zero-order chi connectivity index (χ0) is 38.4. The number of ether oxygens (including phenoxy) is 2. The number of hydrogen-bond acceptors (Lipinski definition) is 9. The Labute approximate surface area is 321 Å². The summed E-state index contributed by atoms with van der Waals surface area (Å²) in [6.45, 7) is 2.98. The molecule has 0 aliphatic carbocycles. The molecule has 282 valence electrons. The SMILES string of the molecule is C[C@H](COC(c1ccccc1)(c1ccccc1)c1ccccc1)Oc1cc(NS(=O)(=O)c2ccc(C(=O)N3CCC3)o2)nc(SCc2cccc(F)c2F)n1. The van der Waals surface area contributed by atoms with E-state index in [-0.39, 0.29) is 40.5 Å². The van der Waals surface area contributed by atoms with Crippen molar-refractivity contribution in [3.8, 4) is 5.88 Å². The van der Waals surface area contributed by atoms with Crippen molar-refractivity contribution in [2.75, 3.05) is 24.4 Å². The minimum absolute atomic E-state index is 0.0103. The van der Waals surface area contributed by atoms with Gasteiger partial charge in [-0.2, -0.15) is 13.4 Å². The number of carbonyl (C=O) groups excluding carboxylic acids is 1. The Bertz CT molecular complexity index is 2270. The van der Waals surface area contributed by atoms with Gasteiger partial charge in [-0.15, -0.1) is 0 Å². The van der Waals surface area contributed by atoms with Crippen molar-refractivity contribution >= 4 is 33.5 Å². The molecule has 1 saturated heterocycles. The Morgan fingerprint density at radius 3 is 2.07 bits per heavy atom. The molecule has 1 amide bonds. The molecule has 3 heterocycles. The number of aromatic nitrogens is 2. The maximum atomic E-state index is 14.5. The van der Waals surface area contributed by atoms with E-state index in [1.807, 2.05) is 91.0 Å². The smallest absolute Gasteiger partial charge is 0.296 e. The Kier molecular flexibility index (Phi) is 11.3. The second-order valence-corrected chi connectivity index (χ2v) is 15.3. The molecule has 10 nitrogen and oxygen atoms in total. The van der Waals surface area contributed by atoms with E-state index in [9.17, 15) is 22.0 Å². The predicted octanol–water partition coefficient (Wildman–Crippen LogP) is 8.06. The molecule has 1 fully saturated rings. The van der Waals surface area contributed by atoms with E-state index in [4.69, 9.17) is 13.9 Å². The summed E-state index contributed by atoms with van der Waals surface area (Å²) in [5.74, 6) is -2.77. The molecule has 7 rings (SSSR count). The van der Waals surface area contributed by atoms with Crippen LogP contribution in [-0.4, -0.2) is 55.0 Å². The second-order valence-electron chi connectivity index (χ2n) is 12.8. The maximum Gasteiger partial charge on any atom is 0.296 e. The number of nitrogens with zero attached hydrogens (tertiary/aromatic N) is 3. The average Bonchev–Trinajstić information content (AvgIpc) is 3.68. The van der Waals surface area contributed by atoms with Crippen molar-refractivity contribution < 1.29 is 35.9 Å². The highest BCUT2D eigenvalue weighted by Crippen LogP contribution is 2.40. The van der Waals surface area contributed by atoms with Crippen molar-refractivity contribution in [2.24, 2.45) is 0 Å². The number of thioether (sulfide) groups is 1. The summed E-state index contributed by atoms with van der Waals surface area (Å²) >= 11 is 0.955. The Balaban J connectivity index is 1.17. The molecule has 0 saturated carbocycles. The molecule has 0 unspecified atom stereocenters. The molecule has 0 bridgehead atoms. The van der Waals surface area contributed by atoms with Gasteiger partial charge < -0.3 is 18.8 Å². The Hall–Kier alpha value is -5.57. The lowest BCUT2D eigenvalue weighted by Gasteiger charge is -2.36. The number of nitrogens with one attached hydrogen (secondary N) is 1. The van der Waals surface area contributed by atoms with Gasteiger partial charge >= 0.3 is 0 Å². The van der Waals surface area contributed by atoms with Gasteiger partial charge in [-0.05, 0) is 48.2 Å². The van der Waals surface area contributed by atoms with Crippen LogP contribution < -0.4 is 9.46 Å². The van der Waals surface area contributed by atoms with Gasteiger partial charge in [0.1, 0.15) is 17.5 Å². The van der Waals surface area contributed by atoms with Crippen molar-refractivity contribution in [1.29, 1.82) is 0 Å². The minimum atomic E-state index is -4.38. The number of halogens is 2. The van der Waals surface area contributed by atoms with Crippen molar-refractivity contribution in [1.82, 2.24) is 14.9 Å². The van der Waals surface area contributed by atoms with Crippen LogP contribution in [0.5, 0.6) is 5.88 Å². The normalized spacial score (nSPS) is 13.5. The fourth-order valence-electron chi connectivity index (χ4n) is 6.08. The molecule has 4 aromatic carbocycles. The summed E-state index contributed by atoms with van der Waals surface area (Å²) in [6, 6.07) is 37.2. The lowest BCUT2D eigenvalue weighted by molar-refractivity contribution is -0.0267. The number of anilines is 1. The van der Waals surface area contributed by atoms with Gasteiger partial charge in [0, 0.05) is 30.5 Å². The number of carbonyl (C=O) groups is 1. The summed E-state index contributed by atoms with van der Waals surface area (Å²) in [4.78, 5) is 23.0. The van der Waals surface area contributed by atoms with Crippen LogP contribution in [0.1, 0.15) is 46.2 Å². The molecular weight excluding hydrogens is 747 g/mol. The lowest BCUT2D eigenvalue weighted by Crippen LogP contribution is -2.41. The van der Waals surface area contributed by atoms with E-state index in [0.717, 1.165) is 40.9 Å². The van der Waals surface area contributed by atoms with E-state index in [2.05, 4.69) is 14.7 Å². The summed E-state index contributed by atoms with van der Waals surface area (Å²) < 4.78 is 76.4. The highest BCUT2D eigenvalue weighted by molar-refractivity contribution is 7.98. The second kappa shape index (κ2) is 16.4. The third-order valence-corrected chi connectivity index (χ3v) is 11.0. The number of hydrogen-bond donors (Lipinski definition) is 1. The standard InChI is InChI=1S/C41H36F2N4O6S2/c1-28(26-51-41(30-14-5-2-6-15-30,31-16-7-3-8-17-31)32-18-9-4-10-19-32)52-36-25-35(44-40(45-36)54-27-29-13-11-20-33(42)38(29)43)46-55(49,50)37-22-21-34(53-37)39(48)47-23-12-24-47/h2-11,13-22,25,28H,12,23-24,26-27H2,1H3,(H,44,45,46)/t28-/m1/s1. The summed E-state index contributed by atoms with van der Waals surface area (Å²) in [5.41, 5.74) is 1.73. The molecule has 2 aromatic heterocycles. The van der Waals surface area contributed by atoms with Gasteiger partial charge in [-0.1, -0.05) is 115 Å². The van der Waals surface area contributed by atoms with E-state index in [0.29, 0.717) is 13.1 Å². The zero-order valence-electron chi connectivity index (χ0n) is 29.6. The summed E-state index contributed by atoms with van der Waals surface area (Å²) in [5, 5.41) is -0.471. The number of furan rings is 1. The fraction of sp³-hybridized carbons (Fsp3) is 0.195. The molecule has 1 aliphatic rings. The van der Waals surface area contributed by atoms with Crippen LogP contribution in [0.2, 0.25) is 0 Å². The number of amides is 1. The Morgan fingerprint density at radius 1 is 0.873 bits per heavy atom. The first-order valence-corrected chi connectivity index (χ1v) is 19.9. The van der Waals surface area contributed by atoms with E-state index in [1.165, 1.54) is 30.3 Å². The largest absolute Gasteiger partial charge is 0.472 e. The lowest BCUT2D eigenvalue weighted by atomic mass is 9.80. The predicted molar refractivity (Wildman–Crippen MR) is 203 cm³/mol. The number of benzene rings is 4. The molecule has 0 radical (unpaired) electrons.